The molecule has 0 atom stereocenters. The van der Waals surface area contributed by atoms with Gasteiger partial charge in [-0.2, -0.15) is 4.68 Å². The Balaban J connectivity index is 1.86. The van der Waals surface area contributed by atoms with Crippen molar-refractivity contribution in [3.05, 3.63) is 29.8 Å². The maximum atomic E-state index is 12.4. The maximum Gasteiger partial charge on any atom is 0.246 e. The number of anilines is 1. The minimum Gasteiger partial charge on any atom is -0.340 e. The Kier molecular flexibility index (Phi) is 3.62. The topological polar surface area (TPSA) is 81.0 Å². The standard InChI is InChI=1S/C13H17N5O2S/c1-11-4-6-12(7-5-11)21(19,20)10-18-13(14-15-16-18)17-8-2-3-9-17/h4-7H,2-3,8-10H2,1H3. The summed E-state index contributed by atoms with van der Waals surface area (Å²) in [6.07, 6.45) is 2.16. The molecule has 0 unspecified atom stereocenters. The van der Waals surface area contributed by atoms with E-state index < -0.39 is 9.84 Å². The van der Waals surface area contributed by atoms with E-state index in [-0.39, 0.29) is 10.8 Å². The van der Waals surface area contributed by atoms with Crippen LogP contribution in [0.15, 0.2) is 29.2 Å². The van der Waals surface area contributed by atoms with E-state index in [9.17, 15) is 8.42 Å². The van der Waals surface area contributed by atoms with Crippen molar-refractivity contribution in [1.29, 1.82) is 0 Å². The van der Waals surface area contributed by atoms with Crippen LogP contribution in [0, 0.1) is 6.92 Å². The van der Waals surface area contributed by atoms with Crippen molar-refractivity contribution in [2.75, 3.05) is 18.0 Å². The molecule has 7 nitrogen and oxygen atoms in total. The summed E-state index contributed by atoms with van der Waals surface area (Å²) < 4.78 is 26.2. The van der Waals surface area contributed by atoms with Gasteiger partial charge in [0.05, 0.1) is 4.90 Å². The smallest absolute Gasteiger partial charge is 0.246 e. The summed E-state index contributed by atoms with van der Waals surface area (Å²) in [6.45, 7) is 3.65. The van der Waals surface area contributed by atoms with Gasteiger partial charge in [-0.25, -0.2) is 8.42 Å². The molecule has 0 aliphatic carbocycles. The molecule has 21 heavy (non-hydrogen) atoms. The van der Waals surface area contributed by atoms with Gasteiger partial charge in [-0.3, -0.25) is 0 Å². The highest BCUT2D eigenvalue weighted by molar-refractivity contribution is 7.90. The van der Waals surface area contributed by atoms with E-state index in [1.807, 2.05) is 11.8 Å². The van der Waals surface area contributed by atoms with Crippen LogP contribution in [0.25, 0.3) is 0 Å². The van der Waals surface area contributed by atoms with Crippen LogP contribution >= 0.6 is 0 Å². The number of nitrogens with zero attached hydrogens (tertiary/aromatic N) is 5. The molecule has 1 aromatic heterocycles. The van der Waals surface area contributed by atoms with E-state index in [0.717, 1.165) is 31.5 Å². The third kappa shape index (κ3) is 2.90. The average Bonchev–Trinajstić information content (AvgIpc) is 3.09. The van der Waals surface area contributed by atoms with Crippen molar-refractivity contribution in [3.63, 3.8) is 0 Å². The molecule has 8 heteroatoms. The molecule has 0 radical (unpaired) electrons. The van der Waals surface area contributed by atoms with Crippen LogP contribution in [0.3, 0.4) is 0 Å². The van der Waals surface area contributed by atoms with Gasteiger partial charge in [-0.05, 0) is 42.3 Å². The van der Waals surface area contributed by atoms with Gasteiger partial charge in [0.2, 0.25) is 5.95 Å². The van der Waals surface area contributed by atoms with Gasteiger partial charge in [-0.1, -0.05) is 22.8 Å². The van der Waals surface area contributed by atoms with Crippen LogP contribution in [-0.4, -0.2) is 41.7 Å². The average molecular weight is 307 g/mol. The fourth-order valence-electron chi connectivity index (χ4n) is 2.41. The Bertz CT molecular complexity index is 717. The third-order valence-electron chi connectivity index (χ3n) is 3.57. The predicted octanol–water partition coefficient (Wildman–Crippen LogP) is 1.01. The maximum absolute atomic E-state index is 12.4. The minimum atomic E-state index is -3.46. The lowest BCUT2D eigenvalue weighted by atomic mass is 10.2. The van der Waals surface area contributed by atoms with E-state index >= 15 is 0 Å². The first-order chi connectivity index (χ1) is 10.1. The number of aromatic nitrogens is 4. The predicted molar refractivity (Wildman–Crippen MR) is 77.6 cm³/mol. The van der Waals surface area contributed by atoms with Crippen molar-refractivity contribution in [3.8, 4) is 0 Å². The van der Waals surface area contributed by atoms with Crippen LogP contribution < -0.4 is 4.90 Å². The zero-order valence-corrected chi connectivity index (χ0v) is 12.6. The first-order valence-corrected chi connectivity index (χ1v) is 8.52. The fourth-order valence-corrected chi connectivity index (χ4v) is 3.60. The molecule has 0 bridgehead atoms. The second-order valence-electron chi connectivity index (χ2n) is 5.23. The molecule has 0 saturated carbocycles. The highest BCUT2D eigenvalue weighted by Gasteiger charge is 2.23. The third-order valence-corrected chi connectivity index (χ3v) is 5.15. The van der Waals surface area contributed by atoms with E-state index in [4.69, 9.17) is 0 Å². The molecule has 1 fully saturated rings. The highest BCUT2D eigenvalue weighted by atomic mass is 32.2. The summed E-state index contributed by atoms with van der Waals surface area (Å²) in [5.41, 5.74) is 1.02. The summed E-state index contributed by atoms with van der Waals surface area (Å²) in [7, 11) is -3.46. The molecule has 112 valence electrons. The largest absolute Gasteiger partial charge is 0.340 e. The number of tetrazole rings is 1. The zero-order chi connectivity index (χ0) is 14.9. The van der Waals surface area contributed by atoms with Crippen LogP contribution in [0.5, 0.6) is 0 Å². The first kappa shape index (κ1) is 14.0. The van der Waals surface area contributed by atoms with Crippen LogP contribution in [-0.2, 0) is 15.7 Å². The van der Waals surface area contributed by atoms with E-state index in [1.165, 1.54) is 4.68 Å². The number of rotatable bonds is 4. The summed E-state index contributed by atoms with van der Waals surface area (Å²) in [5.74, 6) is 0.290. The molecule has 1 saturated heterocycles. The lowest BCUT2D eigenvalue weighted by molar-refractivity contribution is 0.570. The van der Waals surface area contributed by atoms with Gasteiger partial charge in [0.15, 0.2) is 15.7 Å². The number of benzene rings is 1. The molecule has 1 aromatic carbocycles. The van der Waals surface area contributed by atoms with Gasteiger partial charge in [0, 0.05) is 13.1 Å². The Morgan fingerprint density at radius 3 is 2.48 bits per heavy atom. The molecule has 0 N–H and O–H groups in total. The molecule has 1 aliphatic rings. The lowest BCUT2D eigenvalue weighted by Crippen LogP contribution is -2.24. The summed E-state index contributed by atoms with van der Waals surface area (Å²) in [6, 6.07) is 6.80. The van der Waals surface area contributed by atoms with E-state index in [1.54, 1.807) is 24.3 Å². The van der Waals surface area contributed by atoms with Gasteiger partial charge >= 0.3 is 0 Å². The molecular weight excluding hydrogens is 290 g/mol. The monoisotopic (exact) mass is 307 g/mol. The zero-order valence-electron chi connectivity index (χ0n) is 11.8. The first-order valence-electron chi connectivity index (χ1n) is 6.87. The second kappa shape index (κ2) is 5.44. The van der Waals surface area contributed by atoms with Crippen LogP contribution in [0.2, 0.25) is 0 Å². The van der Waals surface area contributed by atoms with Crippen LogP contribution in [0.4, 0.5) is 5.95 Å². The van der Waals surface area contributed by atoms with Crippen molar-refractivity contribution in [1.82, 2.24) is 20.2 Å². The summed E-state index contributed by atoms with van der Waals surface area (Å²) in [4.78, 5) is 2.31. The van der Waals surface area contributed by atoms with Gasteiger partial charge in [-0.15, -0.1) is 0 Å². The van der Waals surface area contributed by atoms with Crippen molar-refractivity contribution < 1.29 is 8.42 Å². The number of sulfone groups is 1. The number of hydrogen-bond donors (Lipinski definition) is 0. The van der Waals surface area contributed by atoms with Gasteiger partial charge in [0.25, 0.3) is 0 Å². The quantitative estimate of drug-likeness (QED) is 0.838. The lowest BCUT2D eigenvalue weighted by Gasteiger charge is -2.15. The van der Waals surface area contributed by atoms with Crippen LogP contribution in [0.1, 0.15) is 18.4 Å². The number of hydrogen-bond acceptors (Lipinski definition) is 6. The second-order valence-corrected chi connectivity index (χ2v) is 7.19. The van der Waals surface area contributed by atoms with Crippen molar-refractivity contribution >= 4 is 15.8 Å². The minimum absolute atomic E-state index is 0.241. The molecule has 2 aromatic rings. The fraction of sp³-hybridized carbons (Fsp3) is 0.462. The molecular formula is C13H17N5O2S. The van der Waals surface area contributed by atoms with Crippen molar-refractivity contribution in [2.45, 2.75) is 30.5 Å². The Morgan fingerprint density at radius 2 is 1.81 bits per heavy atom. The highest BCUT2D eigenvalue weighted by Crippen LogP contribution is 2.19. The Morgan fingerprint density at radius 1 is 1.14 bits per heavy atom. The number of aryl methyl sites for hydroxylation is 1. The Labute approximate surface area is 123 Å². The molecule has 3 rings (SSSR count). The Hall–Kier alpha value is -1.96. The molecule has 0 amide bonds. The molecule has 2 heterocycles. The van der Waals surface area contributed by atoms with Crippen molar-refractivity contribution in [2.24, 2.45) is 0 Å². The summed E-state index contributed by atoms with van der Waals surface area (Å²) in [5, 5.41) is 11.4. The summed E-state index contributed by atoms with van der Waals surface area (Å²) >= 11 is 0. The molecule has 1 aliphatic heterocycles. The SMILES string of the molecule is Cc1ccc(S(=O)(=O)Cn2nnnc2N2CCCC2)cc1. The normalized spacial score (nSPS) is 15.6. The van der Waals surface area contributed by atoms with Gasteiger partial charge in [0.1, 0.15) is 0 Å². The van der Waals surface area contributed by atoms with Gasteiger partial charge < -0.3 is 4.90 Å². The van der Waals surface area contributed by atoms with E-state index in [0.29, 0.717) is 5.95 Å². The van der Waals surface area contributed by atoms with E-state index in [2.05, 4.69) is 15.5 Å². The molecule has 0 spiro atoms.